The Hall–Kier alpha value is -1.23. The first-order valence-electron chi connectivity index (χ1n) is 5.14. The van der Waals surface area contributed by atoms with Crippen LogP contribution in [-0.2, 0) is 0 Å². The van der Waals surface area contributed by atoms with E-state index < -0.39 is 5.82 Å². The number of rotatable bonds is 3. The van der Waals surface area contributed by atoms with Crippen molar-refractivity contribution in [3.05, 3.63) is 18.2 Å². The summed E-state index contributed by atoms with van der Waals surface area (Å²) in [7, 11) is 0. The Kier molecular flexibility index (Phi) is 3.11. The van der Waals surface area contributed by atoms with Crippen molar-refractivity contribution in [1.29, 1.82) is 0 Å². The quantitative estimate of drug-likeness (QED) is 0.788. The van der Waals surface area contributed by atoms with Crippen LogP contribution < -0.4 is 5.32 Å². The van der Waals surface area contributed by atoms with E-state index in [9.17, 15) is 4.39 Å². The van der Waals surface area contributed by atoms with Crippen LogP contribution in [0.4, 0.5) is 10.3 Å². The summed E-state index contributed by atoms with van der Waals surface area (Å²) in [4.78, 5) is 7.66. The molecule has 82 valence electrons. The van der Waals surface area contributed by atoms with Gasteiger partial charge >= 0.3 is 0 Å². The van der Waals surface area contributed by atoms with Crippen molar-refractivity contribution in [3.63, 3.8) is 0 Å². The summed E-state index contributed by atoms with van der Waals surface area (Å²) in [5, 5.41) is 12.2. The number of nitrogens with zero attached hydrogens (tertiary/aromatic N) is 2. The highest BCUT2D eigenvalue weighted by molar-refractivity contribution is 5.25. The minimum atomic E-state index is -0.439. The normalized spacial score (nSPS) is 25.5. The van der Waals surface area contributed by atoms with Crippen molar-refractivity contribution in [2.45, 2.75) is 25.3 Å². The van der Waals surface area contributed by atoms with Crippen LogP contribution in [0, 0.1) is 11.7 Å². The average molecular weight is 211 g/mol. The molecule has 2 rings (SSSR count). The van der Waals surface area contributed by atoms with Crippen LogP contribution in [0.5, 0.6) is 0 Å². The Morgan fingerprint density at radius 3 is 2.80 bits per heavy atom. The fraction of sp³-hybridized carbons (Fsp3) is 0.600. The van der Waals surface area contributed by atoms with Crippen LogP contribution >= 0.6 is 0 Å². The molecule has 4 nitrogen and oxygen atoms in total. The number of aliphatic hydroxyl groups is 1. The number of aromatic nitrogens is 2. The Morgan fingerprint density at radius 2 is 2.13 bits per heavy atom. The number of halogens is 1. The minimum Gasteiger partial charge on any atom is -0.396 e. The third-order valence-corrected chi connectivity index (χ3v) is 2.83. The van der Waals surface area contributed by atoms with Gasteiger partial charge in [0.15, 0.2) is 5.82 Å². The van der Waals surface area contributed by atoms with Gasteiger partial charge in [-0.05, 0) is 12.8 Å². The molecule has 0 aromatic carbocycles. The van der Waals surface area contributed by atoms with Crippen molar-refractivity contribution in [3.8, 4) is 0 Å². The monoisotopic (exact) mass is 211 g/mol. The lowest BCUT2D eigenvalue weighted by molar-refractivity contribution is 0.222. The van der Waals surface area contributed by atoms with Gasteiger partial charge in [-0.1, -0.05) is 6.42 Å². The maximum Gasteiger partial charge on any atom is 0.223 e. The van der Waals surface area contributed by atoms with Gasteiger partial charge in [0.2, 0.25) is 5.95 Å². The van der Waals surface area contributed by atoms with Gasteiger partial charge in [-0.25, -0.2) is 14.4 Å². The molecule has 0 saturated heterocycles. The second kappa shape index (κ2) is 4.53. The van der Waals surface area contributed by atoms with Gasteiger partial charge in [-0.2, -0.15) is 0 Å². The van der Waals surface area contributed by atoms with Gasteiger partial charge < -0.3 is 10.4 Å². The highest BCUT2D eigenvalue weighted by Gasteiger charge is 2.26. The maximum absolute atomic E-state index is 12.6. The second-order valence-electron chi connectivity index (χ2n) is 3.85. The molecule has 0 amide bonds. The van der Waals surface area contributed by atoms with Crippen LogP contribution in [0.1, 0.15) is 19.3 Å². The van der Waals surface area contributed by atoms with Gasteiger partial charge in [0, 0.05) is 18.6 Å². The maximum atomic E-state index is 12.6. The Morgan fingerprint density at radius 1 is 1.40 bits per heavy atom. The van der Waals surface area contributed by atoms with Crippen molar-refractivity contribution in [2.24, 2.45) is 5.92 Å². The smallest absolute Gasteiger partial charge is 0.223 e. The molecule has 1 aromatic rings. The molecule has 1 aromatic heterocycles. The molecule has 0 spiro atoms. The third kappa shape index (κ3) is 2.41. The number of aliphatic hydroxyl groups excluding tert-OH is 1. The summed E-state index contributed by atoms with van der Waals surface area (Å²) >= 11 is 0. The number of hydrogen-bond acceptors (Lipinski definition) is 4. The van der Waals surface area contributed by atoms with E-state index >= 15 is 0 Å². The SMILES string of the molecule is OCC1CCCC1Nc1ncc(F)cn1. The van der Waals surface area contributed by atoms with Gasteiger partial charge in [-0.3, -0.25) is 0 Å². The predicted octanol–water partition coefficient (Wildman–Crippen LogP) is 1.19. The van der Waals surface area contributed by atoms with Crippen LogP contribution in [0.25, 0.3) is 0 Å². The number of anilines is 1. The van der Waals surface area contributed by atoms with E-state index in [1.807, 2.05) is 0 Å². The van der Waals surface area contributed by atoms with Gasteiger partial charge in [-0.15, -0.1) is 0 Å². The summed E-state index contributed by atoms with van der Waals surface area (Å²) in [6, 6.07) is 0.209. The van der Waals surface area contributed by atoms with Gasteiger partial charge in [0.25, 0.3) is 0 Å². The van der Waals surface area contributed by atoms with E-state index in [4.69, 9.17) is 5.11 Å². The Balaban J connectivity index is 1.99. The van der Waals surface area contributed by atoms with Crippen molar-refractivity contribution >= 4 is 5.95 Å². The second-order valence-corrected chi connectivity index (χ2v) is 3.85. The van der Waals surface area contributed by atoms with E-state index in [-0.39, 0.29) is 18.6 Å². The summed E-state index contributed by atoms with van der Waals surface area (Å²) in [5.74, 6) is 0.256. The fourth-order valence-electron chi connectivity index (χ4n) is 2.00. The molecule has 2 atom stereocenters. The molecule has 1 saturated carbocycles. The Labute approximate surface area is 87.6 Å². The molecule has 0 aliphatic heterocycles. The van der Waals surface area contributed by atoms with Crippen LogP contribution in [0.2, 0.25) is 0 Å². The van der Waals surface area contributed by atoms with Crippen LogP contribution in [0.15, 0.2) is 12.4 Å². The highest BCUT2D eigenvalue weighted by atomic mass is 19.1. The molecule has 1 aliphatic rings. The first-order chi connectivity index (χ1) is 7.29. The largest absolute Gasteiger partial charge is 0.396 e. The summed E-state index contributed by atoms with van der Waals surface area (Å²) in [5.41, 5.74) is 0. The molecule has 2 N–H and O–H groups in total. The lowest BCUT2D eigenvalue weighted by atomic mass is 10.1. The van der Waals surface area contributed by atoms with Crippen LogP contribution in [-0.4, -0.2) is 27.7 Å². The van der Waals surface area contributed by atoms with Gasteiger partial charge in [0.1, 0.15) is 0 Å². The van der Waals surface area contributed by atoms with E-state index in [1.165, 1.54) is 0 Å². The molecule has 0 bridgehead atoms. The number of nitrogens with one attached hydrogen (secondary N) is 1. The molecule has 1 fully saturated rings. The van der Waals surface area contributed by atoms with Gasteiger partial charge in [0.05, 0.1) is 12.4 Å². The van der Waals surface area contributed by atoms with E-state index in [1.54, 1.807) is 0 Å². The molecule has 1 heterocycles. The number of hydrogen-bond donors (Lipinski definition) is 2. The zero-order valence-corrected chi connectivity index (χ0v) is 8.36. The summed E-state index contributed by atoms with van der Waals surface area (Å²) in [6.45, 7) is 0.179. The Bertz CT molecular complexity index is 317. The first kappa shape index (κ1) is 10.3. The standard InChI is InChI=1S/C10H14FN3O/c11-8-4-12-10(13-5-8)14-9-3-1-2-7(9)6-15/h4-5,7,9,15H,1-3,6H2,(H,12,13,14). The zero-order chi connectivity index (χ0) is 10.7. The van der Waals surface area contributed by atoms with Crippen molar-refractivity contribution < 1.29 is 9.50 Å². The molecular weight excluding hydrogens is 197 g/mol. The molecule has 0 radical (unpaired) electrons. The minimum absolute atomic E-state index is 0.179. The molecule has 5 heteroatoms. The first-order valence-corrected chi connectivity index (χ1v) is 5.14. The van der Waals surface area contributed by atoms with E-state index in [2.05, 4.69) is 15.3 Å². The average Bonchev–Trinajstić information content (AvgIpc) is 2.69. The lowest BCUT2D eigenvalue weighted by Crippen LogP contribution is -2.27. The molecule has 1 aliphatic carbocycles. The van der Waals surface area contributed by atoms with Crippen molar-refractivity contribution in [2.75, 3.05) is 11.9 Å². The van der Waals surface area contributed by atoms with Crippen molar-refractivity contribution in [1.82, 2.24) is 9.97 Å². The van der Waals surface area contributed by atoms with E-state index in [0.717, 1.165) is 31.7 Å². The topological polar surface area (TPSA) is 58.0 Å². The lowest BCUT2D eigenvalue weighted by Gasteiger charge is -2.18. The zero-order valence-electron chi connectivity index (χ0n) is 8.36. The van der Waals surface area contributed by atoms with E-state index in [0.29, 0.717) is 5.95 Å². The van der Waals surface area contributed by atoms with Crippen LogP contribution in [0.3, 0.4) is 0 Å². The molecule has 15 heavy (non-hydrogen) atoms. The predicted molar refractivity (Wildman–Crippen MR) is 53.8 cm³/mol. The highest BCUT2D eigenvalue weighted by Crippen LogP contribution is 2.27. The fourth-order valence-corrected chi connectivity index (χ4v) is 2.00. The third-order valence-electron chi connectivity index (χ3n) is 2.83. The summed E-state index contributed by atoms with van der Waals surface area (Å²) < 4.78 is 12.6. The summed E-state index contributed by atoms with van der Waals surface area (Å²) in [6.07, 6.45) is 5.40. The molecule has 2 unspecified atom stereocenters. The molecular formula is C10H14FN3O.